The van der Waals surface area contributed by atoms with E-state index in [0.717, 1.165) is 5.56 Å². The van der Waals surface area contributed by atoms with Crippen molar-refractivity contribution < 1.29 is 33.8 Å². The van der Waals surface area contributed by atoms with Crippen LogP contribution in [-0.4, -0.2) is 57.2 Å². The number of non-ortho nitro benzene ring substituents is 1. The van der Waals surface area contributed by atoms with Crippen molar-refractivity contribution in [2.24, 2.45) is 0 Å². The Morgan fingerprint density at radius 2 is 1.74 bits per heavy atom. The van der Waals surface area contributed by atoms with Gasteiger partial charge in [0.1, 0.15) is 18.0 Å². The highest BCUT2D eigenvalue weighted by Gasteiger charge is 2.24. The third kappa shape index (κ3) is 6.23. The van der Waals surface area contributed by atoms with Crippen molar-refractivity contribution in [2.45, 2.75) is 19.6 Å². The number of carbonyl (C=O) groups is 2. The molecule has 0 aliphatic rings. The van der Waals surface area contributed by atoms with E-state index in [4.69, 9.17) is 14.2 Å². The van der Waals surface area contributed by atoms with Crippen molar-refractivity contribution in [3.8, 4) is 17.4 Å². The van der Waals surface area contributed by atoms with Crippen LogP contribution in [0.25, 0.3) is 21.8 Å². The average molecular weight is 585 g/mol. The average Bonchev–Trinajstić information content (AvgIpc) is 3.32. The molecule has 0 spiro atoms. The van der Waals surface area contributed by atoms with Gasteiger partial charge in [-0.1, -0.05) is 36.4 Å². The van der Waals surface area contributed by atoms with Crippen LogP contribution in [0.3, 0.4) is 0 Å². The van der Waals surface area contributed by atoms with Crippen LogP contribution in [0.1, 0.15) is 11.1 Å². The lowest BCUT2D eigenvalue weighted by atomic mass is 10.1. The number of nitrogens with zero attached hydrogens (tertiary/aromatic N) is 4. The molecule has 12 nitrogen and oxygen atoms in total. The van der Waals surface area contributed by atoms with Crippen LogP contribution in [-0.2, 0) is 29.1 Å². The van der Waals surface area contributed by atoms with E-state index in [9.17, 15) is 24.8 Å². The van der Waals surface area contributed by atoms with Crippen LogP contribution in [0.15, 0.2) is 79.0 Å². The summed E-state index contributed by atoms with van der Waals surface area (Å²) in [6.45, 7) is 0.445. The van der Waals surface area contributed by atoms with Crippen molar-refractivity contribution in [1.82, 2.24) is 14.5 Å². The van der Waals surface area contributed by atoms with Crippen molar-refractivity contribution in [3.05, 3.63) is 100 Å². The summed E-state index contributed by atoms with van der Waals surface area (Å²) >= 11 is 0. The Morgan fingerprint density at radius 1 is 1.00 bits per heavy atom. The number of methoxy groups -OCH3 is 1. The fourth-order valence-electron chi connectivity index (χ4n) is 4.92. The first kappa shape index (κ1) is 29.0. The molecule has 12 heteroatoms. The number of hydrogen-bond donors (Lipinski definition) is 1. The minimum absolute atomic E-state index is 0.0283. The van der Waals surface area contributed by atoms with E-state index < -0.39 is 11.1 Å². The van der Waals surface area contributed by atoms with Crippen molar-refractivity contribution >= 4 is 39.6 Å². The van der Waals surface area contributed by atoms with Crippen molar-refractivity contribution in [1.29, 1.82) is 0 Å². The van der Waals surface area contributed by atoms with E-state index in [2.05, 4.69) is 4.98 Å². The summed E-state index contributed by atoms with van der Waals surface area (Å²) in [5, 5.41) is 21.6. The smallest absolute Gasteiger partial charge is 0.457 e. The summed E-state index contributed by atoms with van der Waals surface area (Å²) in [6, 6.07) is 20.8. The lowest BCUT2D eigenvalue weighted by molar-refractivity contribution is -0.384. The standard InChI is InChI=1S/C31H28N4O8/c1-33(16-15-20-7-4-3-5-8-20)27(36)18-34-24-9-6-10-26(42-22-13-11-21(12-14-22)35(39)40)29(24)28-23(19-41-2)30(43-31(37)38)32-17-25(28)34/h3-14,17H,15-16,18-19H2,1-2H3,(H,37,38). The Morgan fingerprint density at radius 3 is 2.42 bits per heavy atom. The van der Waals surface area contributed by atoms with Gasteiger partial charge in [-0.05, 0) is 36.2 Å². The number of likely N-dealkylation sites (N-methyl/N-ethyl adjacent to an activating group) is 1. The minimum Gasteiger partial charge on any atom is -0.457 e. The molecule has 5 rings (SSSR count). The Labute approximate surface area is 245 Å². The number of aromatic nitrogens is 2. The Bertz CT molecular complexity index is 1800. The van der Waals surface area contributed by atoms with Gasteiger partial charge in [0.2, 0.25) is 11.8 Å². The van der Waals surface area contributed by atoms with Gasteiger partial charge >= 0.3 is 6.16 Å². The second-order valence-electron chi connectivity index (χ2n) is 9.74. The van der Waals surface area contributed by atoms with Gasteiger partial charge in [0.25, 0.3) is 5.69 Å². The summed E-state index contributed by atoms with van der Waals surface area (Å²) in [7, 11) is 3.21. The van der Waals surface area contributed by atoms with Crippen molar-refractivity contribution in [3.63, 3.8) is 0 Å². The largest absolute Gasteiger partial charge is 0.512 e. The highest BCUT2D eigenvalue weighted by Crippen LogP contribution is 2.41. The van der Waals surface area contributed by atoms with E-state index >= 15 is 0 Å². The Kier molecular flexibility index (Phi) is 8.49. The van der Waals surface area contributed by atoms with E-state index in [-0.39, 0.29) is 30.6 Å². The van der Waals surface area contributed by atoms with Crippen LogP contribution in [0.5, 0.6) is 17.4 Å². The molecule has 0 saturated heterocycles. The molecule has 0 aliphatic carbocycles. The van der Waals surface area contributed by atoms with Crippen LogP contribution >= 0.6 is 0 Å². The fourth-order valence-corrected chi connectivity index (χ4v) is 4.92. The predicted molar refractivity (Wildman–Crippen MR) is 158 cm³/mol. The van der Waals surface area contributed by atoms with Gasteiger partial charge in [0.05, 0.1) is 39.7 Å². The lowest BCUT2D eigenvalue weighted by Crippen LogP contribution is -2.31. The van der Waals surface area contributed by atoms with Crippen LogP contribution < -0.4 is 9.47 Å². The predicted octanol–water partition coefficient (Wildman–Crippen LogP) is 5.79. The molecule has 0 unspecified atom stereocenters. The van der Waals surface area contributed by atoms with Gasteiger partial charge in [0.15, 0.2) is 0 Å². The SMILES string of the molecule is COCc1c(OC(=O)O)ncc2c1c1c(Oc3ccc([N+](=O)[O-])cc3)cccc1n2CC(=O)N(C)CCc1ccccc1. The highest BCUT2D eigenvalue weighted by molar-refractivity contribution is 6.13. The van der Waals surface area contributed by atoms with E-state index in [1.807, 2.05) is 36.4 Å². The number of carboxylic acid groups (broad SMARTS) is 1. The number of benzene rings is 3. The highest BCUT2D eigenvalue weighted by atomic mass is 16.7. The Hall–Kier alpha value is -5.49. The molecule has 0 bridgehead atoms. The molecule has 2 aromatic heterocycles. The van der Waals surface area contributed by atoms with Gasteiger partial charge in [-0.25, -0.2) is 9.78 Å². The Balaban J connectivity index is 1.60. The summed E-state index contributed by atoms with van der Waals surface area (Å²) in [5.74, 6) is 0.429. The van der Waals surface area contributed by atoms with Gasteiger partial charge in [0, 0.05) is 38.2 Å². The number of nitro benzene ring substituents is 1. The first-order valence-corrected chi connectivity index (χ1v) is 13.3. The summed E-state index contributed by atoms with van der Waals surface area (Å²) in [5.41, 5.74) is 2.57. The summed E-state index contributed by atoms with van der Waals surface area (Å²) in [4.78, 5) is 41.5. The molecule has 3 aromatic carbocycles. The van der Waals surface area contributed by atoms with Gasteiger partial charge in [-0.2, -0.15) is 0 Å². The number of carbonyl (C=O) groups excluding carboxylic acids is 1. The molecule has 0 atom stereocenters. The van der Waals surface area contributed by atoms with Crippen molar-refractivity contribution in [2.75, 3.05) is 20.7 Å². The number of ether oxygens (including phenoxy) is 3. The molecule has 0 saturated carbocycles. The third-order valence-corrected chi connectivity index (χ3v) is 7.00. The maximum Gasteiger partial charge on any atom is 0.512 e. The molecule has 43 heavy (non-hydrogen) atoms. The molecule has 0 fully saturated rings. The second kappa shape index (κ2) is 12.6. The van der Waals surface area contributed by atoms with E-state index in [1.54, 1.807) is 28.6 Å². The quantitative estimate of drug-likeness (QED) is 0.116. The van der Waals surface area contributed by atoms with Gasteiger partial charge in [-0.15, -0.1) is 0 Å². The normalized spacial score (nSPS) is 11.0. The fraction of sp³-hybridized carbons (Fsp3) is 0.194. The number of nitro groups is 1. The third-order valence-electron chi connectivity index (χ3n) is 7.00. The number of hydrogen-bond acceptors (Lipinski definition) is 8. The second-order valence-corrected chi connectivity index (χ2v) is 9.74. The molecule has 5 aromatic rings. The first-order chi connectivity index (χ1) is 20.8. The van der Waals surface area contributed by atoms with Gasteiger partial charge in [-0.3, -0.25) is 14.9 Å². The number of pyridine rings is 1. The monoisotopic (exact) mass is 584 g/mol. The van der Waals surface area contributed by atoms with Crippen LogP contribution in [0.4, 0.5) is 10.5 Å². The zero-order valence-electron chi connectivity index (χ0n) is 23.4. The topological polar surface area (TPSA) is 146 Å². The number of rotatable bonds is 11. The van der Waals surface area contributed by atoms with E-state index in [0.29, 0.717) is 51.8 Å². The first-order valence-electron chi connectivity index (χ1n) is 13.3. The molecular weight excluding hydrogens is 556 g/mol. The molecule has 1 amide bonds. The van der Waals surface area contributed by atoms with Crippen LogP contribution in [0, 0.1) is 10.1 Å². The summed E-state index contributed by atoms with van der Waals surface area (Å²) < 4.78 is 18.4. The summed E-state index contributed by atoms with van der Waals surface area (Å²) in [6.07, 6.45) is 0.615. The maximum atomic E-state index is 13.5. The molecule has 0 aliphatic heterocycles. The molecule has 1 N–H and O–H groups in total. The molecular formula is C31H28N4O8. The number of amides is 1. The van der Waals surface area contributed by atoms with Crippen LogP contribution in [0.2, 0.25) is 0 Å². The van der Waals surface area contributed by atoms with E-state index in [1.165, 1.54) is 37.6 Å². The minimum atomic E-state index is -1.54. The number of fused-ring (bicyclic) bond motifs is 3. The zero-order valence-corrected chi connectivity index (χ0v) is 23.4. The molecule has 0 radical (unpaired) electrons. The zero-order chi connectivity index (χ0) is 30.5. The molecule has 220 valence electrons. The molecule has 2 heterocycles. The maximum absolute atomic E-state index is 13.5. The lowest BCUT2D eigenvalue weighted by Gasteiger charge is -2.18. The van der Waals surface area contributed by atoms with Gasteiger partial charge < -0.3 is 28.8 Å².